The second-order valence-electron chi connectivity index (χ2n) is 7.56. The van der Waals surface area contributed by atoms with Crippen LogP contribution >= 0.6 is 11.6 Å². The monoisotopic (exact) mass is 428 g/mol. The van der Waals surface area contributed by atoms with Gasteiger partial charge in [-0.3, -0.25) is 4.79 Å². The molecule has 2 aromatic heterocycles. The zero-order valence-electron chi connectivity index (χ0n) is 16.9. The van der Waals surface area contributed by atoms with Gasteiger partial charge in [0.1, 0.15) is 17.0 Å². The summed E-state index contributed by atoms with van der Waals surface area (Å²) in [5.41, 5.74) is 7.42. The number of pyridine rings is 1. The summed E-state index contributed by atoms with van der Waals surface area (Å²) in [4.78, 5) is 30.0. The second-order valence-corrected chi connectivity index (χ2v) is 7.97. The number of ether oxygens (including phenoxy) is 1. The van der Waals surface area contributed by atoms with Crippen LogP contribution in [0.15, 0.2) is 41.2 Å². The van der Waals surface area contributed by atoms with Crippen molar-refractivity contribution < 1.29 is 9.53 Å². The van der Waals surface area contributed by atoms with E-state index in [1.807, 2.05) is 34.9 Å². The van der Waals surface area contributed by atoms with Crippen LogP contribution in [0, 0.1) is 0 Å². The largest absolute Gasteiger partial charge is 0.461 e. The molecule has 0 unspecified atom stereocenters. The summed E-state index contributed by atoms with van der Waals surface area (Å²) >= 11 is 6.40. The van der Waals surface area contributed by atoms with E-state index in [1.165, 1.54) is 0 Å². The van der Waals surface area contributed by atoms with E-state index in [-0.39, 0.29) is 23.9 Å². The van der Waals surface area contributed by atoms with Crippen LogP contribution in [0.4, 0.5) is 5.82 Å². The summed E-state index contributed by atoms with van der Waals surface area (Å²) in [7, 11) is 0. The third-order valence-electron chi connectivity index (χ3n) is 5.43. The van der Waals surface area contributed by atoms with Crippen molar-refractivity contribution in [2.24, 2.45) is 5.73 Å². The molecule has 3 aromatic rings. The van der Waals surface area contributed by atoms with Crippen LogP contribution in [0.3, 0.4) is 0 Å². The minimum absolute atomic E-state index is 0.0823. The van der Waals surface area contributed by atoms with Crippen molar-refractivity contribution in [1.82, 2.24) is 9.55 Å². The molecule has 0 spiro atoms. The Morgan fingerprint density at radius 1 is 1.33 bits per heavy atom. The highest BCUT2D eigenvalue weighted by Crippen LogP contribution is 2.29. The van der Waals surface area contributed by atoms with Crippen LogP contribution in [-0.4, -0.2) is 41.3 Å². The lowest BCUT2D eigenvalue weighted by Gasteiger charge is -2.33. The molecule has 8 heteroatoms. The fraction of sp³-hybridized carbons (Fsp3) is 0.364. The topological polar surface area (TPSA) is 93.3 Å². The van der Waals surface area contributed by atoms with Crippen molar-refractivity contribution in [3.05, 3.63) is 63.0 Å². The Morgan fingerprint density at radius 2 is 2.13 bits per heavy atom. The van der Waals surface area contributed by atoms with Gasteiger partial charge >= 0.3 is 5.97 Å². The van der Waals surface area contributed by atoms with Gasteiger partial charge in [0.25, 0.3) is 5.56 Å². The minimum Gasteiger partial charge on any atom is -0.461 e. The highest BCUT2D eigenvalue weighted by Gasteiger charge is 2.24. The van der Waals surface area contributed by atoms with Gasteiger partial charge in [-0.1, -0.05) is 29.8 Å². The number of hydrogen-bond donors (Lipinski definition) is 2. The van der Waals surface area contributed by atoms with Crippen molar-refractivity contribution in [3.63, 3.8) is 0 Å². The number of benzene rings is 1. The van der Waals surface area contributed by atoms with Crippen molar-refractivity contribution in [2.75, 3.05) is 24.6 Å². The Morgan fingerprint density at radius 3 is 2.87 bits per heavy atom. The molecule has 0 saturated carbocycles. The van der Waals surface area contributed by atoms with Gasteiger partial charge in [-0.15, -0.1) is 0 Å². The number of esters is 1. The summed E-state index contributed by atoms with van der Waals surface area (Å²) in [6.45, 7) is 3.97. The number of piperidine rings is 1. The predicted octanol–water partition coefficient (Wildman–Crippen LogP) is 3.14. The number of rotatable bonds is 5. The number of H-pyrrole nitrogens is 1. The average molecular weight is 429 g/mol. The number of nitrogens with zero attached hydrogens (tertiary/aromatic N) is 2. The van der Waals surface area contributed by atoms with Crippen molar-refractivity contribution in [3.8, 4) is 0 Å². The Labute approximate surface area is 179 Å². The molecule has 1 fully saturated rings. The number of aromatic nitrogens is 2. The first-order chi connectivity index (χ1) is 14.5. The Kier molecular flexibility index (Phi) is 5.83. The van der Waals surface area contributed by atoms with Crippen LogP contribution in [-0.2, 0) is 11.3 Å². The maximum Gasteiger partial charge on any atom is 0.354 e. The minimum atomic E-state index is -0.545. The third kappa shape index (κ3) is 3.95. The number of halogens is 1. The molecular weight excluding hydrogens is 404 g/mol. The SMILES string of the molecule is CCOC(=O)c1cc2cc(N3CCC[C@@H](N)C3)n(Cc3ccccc3Cl)c2c(=O)[nH]1. The quantitative estimate of drug-likeness (QED) is 0.609. The van der Waals surface area contributed by atoms with Gasteiger partial charge in [-0.05, 0) is 43.5 Å². The van der Waals surface area contributed by atoms with Gasteiger partial charge in [-0.25, -0.2) is 4.79 Å². The van der Waals surface area contributed by atoms with E-state index >= 15 is 0 Å². The molecule has 1 atom stereocenters. The Bertz CT molecular complexity index is 1140. The van der Waals surface area contributed by atoms with E-state index < -0.39 is 5.97 Å². The van der Waals surface area contributed by atoms with Crippen molar-refractivity contribution in [2.45, 2.75) is 32.4 Å². The highest BCUT2D eigenvalue weighted by molar-refractivity contribution is 6.31. The summed E-state index contributed by atoms with van der Waals surface area (Å²) < 4.78 is 7.01. The smallest absolute Gasteiger partial charge is 0.354 e. The Balaban J connectivity index is 1.87. The molecule has 1 aliphatic rings. The van der Waals surface area contributed by atoms with Crippen LogP contribution < -0.4 is 16.2 Å². The molecule has 3 heterocycles. The fourth-order valence-corrected chi connectivity index (χ4v) is 4.24. The zero-order chi connectivity index (χ0) is 21.3. The van der Waals surface area contributed by atoms with E-state index in [0.717, 1.165) is 30.8 Å². The van der Waals surface area contributed by atoms with E-state index in [9.17, 15) is 9.59 Å². The van der Waals surface area contributed by atoms with Gasteiger partial charge in [0, 0.05) is 29.5 Å². The number of carbonyl (C=O) groups is 1. The maximum absolute atomic E-state index is 13.0. The molecule has 0 amide bonds. The number of carbonyl (C=O) groups excluding carboxylic acids is 1. The van der Waals surface area contributed by atoms with Gasteiger partial charge in [-0.2, -0.15) is 0 Å². The predicted molar refractivity (Wildman–Crippen MR) is 118 cm³/mol. The molecule has 1 aromatic carbocycles. The third-order valence-corrected chi connectivity index (χ3v) is 5.80. The summed E-state index contributed by atoms with van der Waals surface area (Å²) in [6.07, 6.45) is 1.97. The van der Waals surface area contributed by atoms with E-state index in [0.29, 0.717) is 29.0 Å². The van der Waals surface area contributed by atoms with E-state index in [2.05, 4.69) is 9.88 Å². The number of hydrogen-bond acceptors (Lipinski definition) is 5. The standard InChI is InChI=1S/C22H25ClN4O3/c1-2-30-22(29)18-10-15-11-19(26-9-5-7-16(24)13-26)27(20(15)21(28)25-18)12-14-6-3-4-8-17(14)23/h3-4,6,8,10-11,16H,2,5,7,9,12-13,24H2,1H3,(H,25,28)/t16-/m1/s1. The summed E-state index contributed by atoms with van der Waals surface area (Å²) in [5, 5.41) is 1.32. The molecule has 1 saturated heterocycles. The van der Waals surface area contributed by atoms with Crippen molar-refractivity contribution in [1.29, 1.82) is 0 Å². The first-order valence-electron chi connectivity index (χ1n) is 10.2. The highest BCUT2D eigenvalue weighted by atomic mass is 35.5. The van der Waals surface area contributed by atoms with Crippen LogP contribution in [0.2, 0.25) is 5.02 Å². The van der Waals surface area contributed by atoms with E-state index in [4.69, 9.17) is 22.1 Å². The van der Waals surface area contributed by atoms with Gasteiger partial charge in [0.2, 0.25) is 0 Å². The number of aromatic amines is 1. The fourth-order valence-electron chi connectivity index (χ4n) is 4.05. The lowest BCUT2D eigenvalue weighted by molar-refractivity contribution is 0.0519. The number of fused-ring (bicyclic) bond motifs is 1. The first kappa shape index (κ1) is 20.5. The molecule has 3 N–H and O–H groups in total. The Hall–Kier alpha value is -2.77. The normalized spacial score (nSPS) is 16.8. The number of anilines is 1. The molecule has 0 radical (unpaired) electrons. The van der Waals surface area contributed by atoms with Crippen LogP contribution in [0.25, 0.3) is 10.9 Å². The lowest BCUT2D eigenvalue weighted by Crippen LogP contribution is -2.43. The van der Waals surface area contributed by atoms with Gasteiger partial charge in [0.15, 0.2) is 0 Å². The zero-order valence-corrected chi connectivity index (χ0v) is 17.6. The van der Waals surface area contributed by atoms with Crippen molar-refractivity contribution >= 4 is 34.3 Å². The average Bonchev–Trinajstić information content (AvgIpc) is 3.09. The number of nitrogens with two attached hydrogens (primary N) is 1. The molecular formula is C22H25ClN4O3. The van der Waals surface area contributed by atoms with E-state index in [1.54, 1.807) is 13.0 Å². The molecule has 158 valence electrons. The van der Waals surface area contributed by atoms with Crippen LogP contribution in [0.1, 0.15) is 35.8 Å². The van der Waals surface area contributed by atoms with Crippen LogP contribution in [0.5, 0.6) is 0 Å². The summed E-state index contributed by atoms with van der Waals surface area (Å²) in [5.74, 6) is 0.350. The van der Waals surface area contributed by atoms with Gasteiger partial charge < -0.3 is 24.9 Å². The molecule has 0 aliphatic carbocycles. The van der Waals surface area contributed by atoms with Gasteiger partial charge in [0.05, 0.1) is 13.2 Å². The first-order valence-corrected chi connectivity index (χ1v) is 10.5. The molecule has 7 nitrogen and oxygen atoms in total. The maximum atomic E-state index is 13.0. The second kappa shape index (κ2) is 8.53. The lowest BCUT2D eigenvalue weighted by atomic mass is 10.1. The molecule has 4 rings (SSSR count). The molecule has 30 heavy (non-hydrogen) atoms. The molecule has 1 aliphatic heterocycles. The summed E-state index contributed by atoms with van der Waals surface area (Å²) in [6, 6.07) is 11.3. The molecule has 0 bridgehead atoms. The number of nitrogens with one attached hydrogen (secondary N) is 1.